The van der Waals surface area contributed by atoms with Gasteiger partial charge in [0.1, 0.15) is 5.82 Å². The summed E-state index contributed by atoms with van der Waals surface area (Å²) >= 11 is 0. The number of H-pyrrole nitrogens is 1. The van der Waals surface area contributed by atoms with E-state index in [1.54, 1.807) is 17.2 Å². The second-order valence-corrected chi connectivity index (χ2v) is 5.76. The fraction of sp³-hybridized carbons (Fsp3) is 0.167. The molecular weight excluding hydrogens is 293 g/mol. The molecule has 23 heavy (non-hydrogen) atoms. The van der Waals surface area contributed by atoms with Crippen molar-refractivity contribution >= 4 is 22.6 Å². The molecule has 1 aliphatic heterocycles. The number of nitrogens with zero attached hydrogens (tertiary/aromatic N) is 1. The Morgan fingerprint density at radius 2 is 2.00 bits per heavy atom. The van der Waals surface area contributed by atoms with E-state index in [1.165, 1.54) is 23.3 Å². The number of rotatable bonds is 1. The molecule has 3 aromatic rings. The number of nitrogens with one attached hydrogen (secondary N) is 2. The van der Waals surface area contributed by atoms with Crippen molar-refractivity contribution in [3.05, 3.63) is 65.6 Å². The summed E-state index contributed by atoms with van der Waals surface area (Å²) in [7, 11) is 0. The van der Waals surface area contributed by atoms with Crippen LogP contribution in [0.25, 0.3) is 10.9 Å². The maximum atomic E-state index is 13.4. The van der Waals surface area contributed by atoms with Crippen molar-refractivity contribution in [2.24, 2.45) is 0 Å². The fourth-order valence-corrected chi connectivity index (χ4v) is 3.06. The Kier molecular flexibility index (Phi) is 3.26. The lowest BCUT2D eigenvalue weighted by Crippen LogP contribution is -2.38. The Morgan fingerprint density at radius 3 is 2.87 bits per heavy atom. The van der Waals surface area contributed by atoms with Gasteiger partial charge in [-0.15, -0.1) is 0 Å². The van der Waals surface area contributed by atoms with Gasteiger partial charge in [-0.25, -0.2) is 9.18 Å². The van der Waals surface area contributed by atoms with Crippen LogP contribution in [-0.2, 0) is 13.0 Å². The molecule has 0 unspecified atom stereocenters. The van der Waals surface area contributed by atoms with E-state index in [0.717, 1.165) is 11.9 Å². The van der Waals surface area contributed by atoms with Gasteiger partial charge in [0, 0.05) is 30.2 Å². The summed E-state index contributed by atoms with van der Waals surface area (Å²) in [6, 6.07) is 12.5. The molecule has 0 saturated heterocycles. The van der Waals surface area contributed by atoms with Gasteiger partial charge >= 0.3 is 6.03 Å². The lowest BCUT2D eigenvalue weighted by Gasteiger charge is -2.28. The van der Waals surface area contributed by atoms with E-state index in [1.807, 2.05) is 12.1 Å². The molecule has 2 amide bonds. The number of fused-ring (bicyclic) bond motifs is 2. The van der Waals surface area contributed by atoms with Crippen LogP contribution >= 0.6 is 0 Å². The Morgan fingerprint density at radius 1 is 1.17 bits per heavy atom. The summed E-state index contributed by atoms with van der Waals surface area (Å²) in [5, 5.41) is 3.56. The van der Waals surface area contributed by atoms with Crippen molar-refractivity contribution in [1.82, 2.24) is 9.88 Å². The monoisotopic (exact) mass is 309 g/mol. The number of carbonyl (C=O) groups excluding carboxylic acids is 1. The summed E-state index contributed by atoms with van der Waals surface area (Å²) in [6.07, 6.45) is 2.55. The molecule has 0 saturated carbocycles. The first-order chi connectivity index (χ1) is 11.2. The Balaban J connectivity index is 1.55. The van der Waals surface area contributed by atoms with Crippen molar-refractivity contribution in [2.45, 2.75) is 13.0 Å². The Hall–Kier alpha value is -2.82. The predicted octanol–water partition coefficient (Wildman–Crippen LogP) is 3.90. The maximum Gasteiger partial charge on any atom is 0.322 e. The van der Waals surface area contributed by atoms with Gasteiger partial charge in [-0.3, -0.25) is 0 Å². The number of aromatic nitrogens is 1. The number of hydrogen-bond acceptors (Lipinski definition) is 1. The van der Waals surface area contributed by atoms with E-state index in [9.17, 15) is 9.18 Å². The highest BCUT2D eigenvalue weighted by atomic mass is 19.1. The van der Waals surface area contributed by atoms with E-state index in [-0.39, 0.29) is 11.8 Å². The SMILES string of the molecule is O=C(Nc1c[nH]c2ccc(F)cc12)N1CCc2ccccc2C1. The van der Waals surface area contributed by atoms with Crippen LogP contribution in [0.4, 0.5) is 14.9 Å². The van der Waals surface area contributed by atoms with Gasteiger partial charge in [-0.1, -0.05) is 24.3 Å². The van der Waals surface area contributed by atoms with E-state index >= 15 is 0 Å². The highest BCUT2D eigenvalue weighted by Crippen LogP contribution is 2.25. The minimum atomic E-state index is -0.320. The molecule has 2 aromatic carbocycles. The van der Waals surface area contributed by atoms with Crippen LogP contribution in [0.1, 0.15) is 11.1 Å². The molecule has 5 heteroatoms. The summed E-state index contributed by atoms with van der Waals surface area (Å²) in [5.41, 5.74) is 3.87. The van der Waals surface area contributed by atoms with E-state index in [4.69, 9.17) is 0 Å². The zero-order chi connectivity index (χ0) is 15.8. The van der Waals surface area contributed by atoms with E-state index < -0.39 is 0 Å². The van der Waals surface area contributed by atoms with Gasteiger partial charge in [0.15, 0.2) is 0 Å². The largest absolute Gasteiger partial charge is 0.359 e. The van der Waals surface area contributed by atoms with Gasteiger partial charge in [0.2, 0.25) is 0 Å². The van der Waals surface area contributed by atoms with Crippen molar-refractivity contribution in [3.63, 3.8) is 0 Å². The average molecular weight is 309 g/mol. The van der Waals surface area contributed by atoms with Crippen LogP contribution < -0.4 is 5.32 Å². The van der Waals surface area contributed by atoms with Crippen molar-refractivity contribution in [1.29, 1.82) is 0 Å². The molecule has 0 atom stereocenters. The van der Waals surface area contributed by atoms with Crippen LogP contribution in [0.3, 0.4) is 0 Å². The van der Waals surface area contributed by atoms with Crippen molar-refractivity contribution < 1.29 is 9.18 Å². The highest BCUT2D eigenvalue weighted by Gasteiger charge is 2.21. The molecule has 2 heterocycles. The lowest BCUT2D eigenvalue weighted by atomic mass is 10.0. The molecule has 0 spiro atoms. The van der Waals surface area contributed by atoms with Gasteiger partial charge in [0.25, 0.3) is 0 Å². The molecular formula is C18H16FN3O. The predicted molar refractivity (Wildman–Crippen MR) is 87.8 cm³/mol. The third-order valence-corrected chi connectivity index (χ3v) is 4.30. The Labute approximate surface area is 132 Å². The molecule has 0 bridgehead atoms. The Bertz CT molecular complexity index is 887. The zero-order valence-corrected chi connectivity index (χ0v) is 12.5. The number of halogens is 1. The molecule has 0 radical (unpaired) electrons. The van der Waals surface area contributed by atoms with Crippen molar-refractivity contribution in [2.75, 3.05) is 11.9 Å². The molecule has 4 rings (SSSR count). The summed E-state index contributed by atoms with van der Waals surface area (Å²) in [5.74, 6) is -0.320. The van der Waals surface area contributed by atoms with E-state index in [2.05, 4.69) is 22.4 Å². The van der Waals surface area contributed by atoms with Gasteiger partial charge in [-0.05, 0) is 35.7 Å². The normalized spacial score (nSPS) is 13.9. The number of amides is 2. The van der Waals surface area contributed by atoms with Crippen LogP contribution in [0, 0.1) is 5.82 Å². The van der Waals surface area contributed by atoms with E-state index in [0.29, 0.717) is 24.2 Å². The van der Waals surface area contributed by atoms with Crippen molar-refractivity contribution in [3.8, 4) is 0 Å². The molecule has 2 N–H and O–H groups in total. The van der Waals surface area contributed by atoms with Crippen LogP contribution in [0.5, 0.6) is 0 Å². The maximum absolute atomic E-state index is 13.4. The molecule has 1 aliphatic rings. The first kappa shape index (κ1) is 13.8. The minimum Gasteiger partial charge on any atom is -0.359 e. The standard InChI is InChI=1S/C18H16FN3O/c19-14-5-6-16-15(9-14)17(10-20-16)21-18(23)22-8-7-12-3-1-2-4-13(12)11-22/h1-6,9-10,20H,7-8,11H2,(H,21,23). The highest BCUT2D eigenvalue weighted by molar-refractivity contribution is 6.01. The second kappa shape index (κ2) is 5.43. The molecule has 1 aromatic heterocycles. The summed E-state index contributed by atoms with van der Waals surface area (Å²) in [4.78, 5) is 17.3. The van der Waals surface area contributed by atoms with Gasteiger partial charge in [0.05, 0.1) is 5.69 Å². The average Bonchev–Trinajstić information content (AvgIpc) is 2.96. The fourth-order valence-electron chi connectivity index (χ4n) is 3.06. The van der Waals surface area contributed by atoms with Crippen LogP contribution in [-0.4, -0.2) is 22.5 Å². The summed E-state index contributed by atoms with van der Waals surface area (Å²) < 4.78 is 13.4. The molecule has 0 fully saturated rings. The molecule has 0 aliphatic carbocycles. The number of carbonyl (C=O) groups is 1. The topological polar surface area (TPSA) is 48.1 Å². The number of anilines is 1. The number of aromatic amines is 1. The molecule has 116 valence electrons. The van der Waals surface area contributed by atoms with Gasteiger partial charge in [-0.2, -0.15) is 0 Å². The number of urea groups is 1. The lowest BCUT2D eigenvalue weighted by molar-refractivity contribution is 0.206. The number of benzene rings is 2. The van der Waals surface area contributed by atoms with Crippen LogP contribution in [0.2, 0.25) is 0 Å². The van der Waals surface area contributed by atoms with Gasteiger partial charge < -0.3 is 15.2 Å². The smallest absolute Gasteiger partial charge is 0.322 e. The second-order valence-electron chi connectivity index (χ2n) is 5.76. The van der Waals surface area contributed by atoms with Crippen LogP contribution in [0.15, 0.2) is 48.7 Å². The first-order valence-electron chi connectivity index (χ1n) is 7.60. The zero-order valence-electron chi connectivity index (χ0n) is 12.5. The summed E-state index contributed by atoms with van der Waals surface area (Å²) in [6.45, 7) is 1.28. The number of hydrogen-bond donors (Lipinski definition) is 2. The first-order valence-corrected chi connectivity index (χ1v) is 7.60. The quantitative estimate of drug-likeness (QED) is 0.704. The minimum absolute atomic E-state index is 0.162. The molecule has 4 nitrogen and oxygen atoms in total. The third-order valence-electron chi connectivity index (χ3n) is 4.30. The third kappa shape index (κ3) is 2.54.